The third-order valence-corrected chi connectivity index (χ3v) is 3.60. The molecule has 1 N–H and O–H groups in total. The molecule has 1 aliphatic rings. The molecule has 2 heterocycles. The third kappa shape index (κ3) is 2.06. The topological polar surface area (TPSA) is 29.9 Å². The molecule has 0 fully saturated rings. The summed E-state index contributed by atoms with van der Waals surface area (Å²) in [5.41, 5.74) is 5.44. The molecule has 94 valence electrons. The van der Waals surface area contributed by atoms with Gasteiger partial charge in [0, 0.05) is 30.8 Å². The van der Waals surface area contributed by atoms with E-state index in [0.717, 1.165) is 32.5 Å². The maximum absolute atomic E-state index is 4.78. The van der Waals surface area contributed by atoms with Crippen molar-refractivity contribution in [3.8, 4) is 0 Å². The normalized spacial score (nSPS) is 14.5. The van der Waals surface area contributed by atoms with Crippen LogP contribution in [0, 0.1) is 0 Å². The summed E-state index contributed by atoms with van der Waals surface area (Å²) in [5, 5.41) is 8.22. The maximum atomic E-state index is 4.78. The summed E-state index contributed by atoms with van der Waals surface area (Å²) in [6.45, 7) is 5.12. The van der Waals surface area contributed by atoms with Gasteiger partial charge in [-0.2, -0.15) is 5.10 Å². The van der Waals surface area contributed by atoms with Crippen molar-refractivity contribution in [1.82, 2.24) is 15.1 Å². The van der Waals surface area contributed by atoms with Gasteiger partial charge in [-0.25, -0.2) is 0 Å². The van der Waals surface area contributed by atoms with E-state index in [9.17, 15) is 0 Å². The Kier molecular flexibility index (Phi) is 3.15. The van der Waals surface area contributed by atoms with E-state index in [1.807, 2.05) is 0 Å². The largest absolute Gasteiger partial charge is 0.312 e. The van der Waals surface area contributed by atoms with Gasteiger partial charge in [0.1, 0.15) is 0 Å². The smallest absolute Gasteiger partial charge is 0.0669 e. The van der Waals surface area contributed by atoms with Crippen LogP contribution in [0.4, 0.5) is 0 Å². The number of nitrogens with one attached hydrogen (secondary N) is 1. The fraction of sp³-hybridized carbons (Fsp3) is 0.400. The summed E-state index contributed by atoms with van der Waals surface area (Å²) in [6, 6.07) is 10.6. The van der Waals surface area contributed by atoms with Crippen LogP contribution in [0.3, 0.4) is 0 Å². The van der Waals surface area contributed by atoms with Gasteiger partial charge in [-0.3, -0.25) is 4.68 Å². The van der Waals surface area contributed by atoms with Crippen molar-refractivity contribution in [3.63, 3.8) is 0 Å². The van der Waals surface area contributed by atoms with Gasteiger partial charge in [0.05, 0.1) is 12.2 Å². The van der Waals surface area contributed by atoms with Crippen LogP contribution in [0.25, 0.3) is 0 Å². The Bertz CT molecular complexity index is 528. The number of benzene rings is 1. The van der Waals surface area contributed by atoms with E-state index in [-0.39, 0.29) is 0 Å². The molecule has 1 aromatic carbocycles. The average Bonchev–Trinajstić information content (AvgIpc) is 2.78. The highest BCUT2D eigenvalue weighted by molar-refractivity contribution is 5.29. The Balaban J connectivity index is 1.94. The Morgan fingerprint density at radius 3 is 2.89 bits per heavy atom. The lowest BCUT2D eigenvalue weighted by atomic mass is 10.1. The second-order valence-corrected chi connectivity index (χ2v) is 4.80. The number of fused-ring (bicyclic) bond motifs is 1. The molecule has 0 radical (unpaired) electrons. The lowest BCUT2D eigenvalue weighted by Crippen LogP contribution is -2.25. The minimum Gasteiger partial charge on any atom is -0.312 e. The number of hydrogen-bond acceptors (Lipinski definition) is 2. The predicted octanol–water partition coefficient (Wildman–Crippen LogP) is 2.14. The Labute approximate surface area is 108 Å². The second kappa shape index (κ2) is 4.94. The van der Waals surface area contributed by atoms with Crippen LogP contribution in [0.1, 0.15) is 29.4 Å². The lowest BCUT2D eigenvalue weighted by molar-refractivity contribution is 0.582. The number of nitrogens with zero attached hydrogens (tertiary/aromatic N) is 2. The molecule has 0 atom stereocenters. The van der Waals surface area contributed by atoms with Crippen LogP contribution < -0.4 is 5.32 Å². The van der Waals surface area contributed by atoms with Gasteiger partial charge >= 0.3 is 0 Å². The summed E-state index contributed by atoms with van der Waals surface area (Å²) in [6.07, 6.45) is 2.11. The van der Waals surface area contributed by atoms with Crippen LogP contribution in [-0.2, 0) is 25.9 Å². The SMILES string of the molecule is CCc1nn(Cc2ccccc2)c2c1CNCC2. The molecule has 0 unspecified atom stereocenters. The maximum Gasteiger partial charge on any atom is 0.0669 e. The van der Waals surface area contributed by atoms with Gasteiger partial charge < -0.3 is 5.32 Å². The molecule has 2 aromatic rings. The molecular weight excluding hydrogens is 222 g/mol. The lowest BCUT2D eigenvalue weighted by Gasteiger charge is -2.15. The van der Waals surface area contributed by atoms with Crippen molar-refractivity contribution in [1.29, 1.82) is 0 Å². The first kappa shape index (κ1) is 11.5. The van der Waals surface area contributed by atoms with E-state index in [1.165, 1.54) is 22.5 Å². The predicted molar refractivity (Wildman–Crippen MR) is 72.6 cm³/mol. The third-order valence-electron chi connectivity index (χ3n) is 3.60. The van der Waals surface area contributed by atoms with Gasteiger partial charge in [-0.05, 0) is 12.0 Å². The summed E-state index contributed by atoms with van der Waals surface area (Å²) in [7, 11) is 0. The van der Waals surface area contributed by atoms with E-state index in [4.69, 9.17) is 5.10 Å². The van der Waals surface area contributed by atoms with Gasteiger partial charge in [0.15, 0.2) is 0 Å². The van der Waals surface area contributed by atoms with Gasteiger partial charge in [-0.15, -0.1) is 0 Å². The first-order valence-electron chi connectivity index (χ1n) is 6.70. The summed E-state index contributed by atoms with van der Waals surface area (Å²) >= 11 is 0. The van der Waals surface area contributed by atoms with Crippen molar-refractivity contribution in [2.75, 3.05) is 6.54 Å². The Morgan fingerprint density at radius 1 is 1.28 bits per heavy atom. The van der Waals surface area contributed by atoms with Gasteiger partial charge in [-0.1, -0.05) is 37.3 Å². The zero-order valence-electron chi connectivity index (χ0n) is 10.8. The Hall–Kier alpha value is -1.61. The van der Waals surface area contributed by atoms with Crippen molar-refractivity contribution in [3.05, 3.63) is 52.8 Å². The molecule has 1 aliphatic heterocycles. The monoisotopic (exact) mass is 241 g/mol. The van der Waals surface area contributed by atoms with Crippen molar-refractivity contribution in [2.45, 2.75) is 32.9 Å². The van der Waals surface area contributed by atoms with Crippen molar-refractivity contribution in [2.24, 2.45) is 0 Å². The molecule has 18 heavy (non-hydrogen) atoms. The quantitative estimate of drug-likeness (QED) is 0.892. The van der Waals surface area contributed by atoms with E-state index in [1.54, 1.807) is 0 Å². The number of aryl methyl sites for hydroxylation is 1. The fourth-order valence-corrected chi connectivity index (χ4v) is 2.66. The van der Waals surface area contributed by atoms with Crippen LogP contribution >= 0.6 is 0 Å². The first-order valence-corrected chi connectivity index (χ1v) is 6.70. The van der Waals surface area contributed by atoms with Crippen molar-refractivity contribution < 1.29 is 0 Å². The highest BCUT2D eigenvalue weighted by atomic mass is 15.3. The molecule has 1 aromatic heterocycles. The standard InChI is InChI=1S/C15H19N3/c1-2-14-13-10-16-9-8-15(13)18(17-14)11-12-6-4-3-5-7-12/h3-7,16H,2,8-11H2,1H3. The number of hydrogen-bond donors (Lipinski definition) is 1. The molecule has 0 amide bonds. The molecule has 0 saturated carbocycles. The van der Waals surface area contributed by atoms with Gasteiger partial charge in [0.25, 0.3) is 0 Å². The van der Waals surface area contributed by atoms with Crippen LogP contribution in [0.5, 0.6) is 0 Å². The first-order chi connectivity index (χ1) is 8.88. The van der Waals surface area contributed by atoms with E-state index < -0.39 is 0 Å². The molecule has 0 bridgehead atoms. The van der Waals surface area contributed by atoms with E-state index >= 15 is 0 Å². The number of aromatic nitrogens is 2. The zero-order valence-corrected chi connectivity index (χ0v) is 10.8. The highest BCUT2D eigenvalue weighted by Gasteiger charge is 2.19. The number of rotatable bonds is 3. The van der Waals surface area contributed by atoms with Crippen molar-refractivity contribution >= 4 is 0 Å². The average molecular weight is 241 g/mol. The van der Waals surface area contributed by atoms with E-state index in [2.05, 4.69) is 47.3 Å². The van der Waals surface area contributed by atoms with Crippen LogP contribution in [-0.4, -0.2) is 16.3 Å². The van der Waals surface area contributed by atoms with Gasteiger partial charge in [0.2, 0.25) is 0 Å². The minimum atomic E-state index is 0.892. The summed E-state index contributed by atoms with van der Waals surface area (Å²) in [5.74, 6) is 0. The minimum absolute atomic E-state index is 0.892. The Morgan fingerprint density at radius 2 is 2.11 bits per heavy atom. The summed E-state index contributed by atoms with van der Waals surface area (Å²) < 4.78 is 2.20. The van der Waals surface area contributed by atoms with Crippen LogP contribution in [0.2, 0.25) is 0 Å². The highest BCUT2D eigenvalue weighted by Crippen LogP contribution is 2.19. The summed E-state index contributed by atoms with van der Waals surface area (Å²) in [4.78, 5) is 0. The van der Waals surface area contributed by atoms with E-state index in [0.29, 0.717) is 0 Å². The molecular formula is C15H19N3. The molecule has 3 rings (SSSR count). The molecule has 3 heteroatoms. The fourth-order valence-electron chi connectivity index (χ4n) is 2.66. The van der Waals surface area contributed by atoms with Crippen LogP contribution in [0.15, 0.2) is 30.3 Å². The molecule has 3 nitrogen and oxygen atoms in total. The molecule has 0 spiro atoms. The zero-order chi connectivity index (χ0) is 12.4. The molecule has 0 saturated heterocycles. The molecule has 0 aliphatic carbocycles. The second-order valence-electron chi connectivity index (χ2n) is 4.80.